The van der Waals surface area contributed by atoms with Gasteiger partial charge in [0.1, 0.15) is 6.04 Å². The molecule has 1 spiro atoms. The first kappa shape index (κ1) is 25.4. The van der Waals surface area contributed by atoms with Crippen LogP contribution in [0.25, 0.3) is 0 Å². The summed E-state index contributed by atoms with van der Waals surface area (Å²) in [6, 6.07) is 14.5. The van der Waals surface area contributed by atoms with E-state index in [0.29, 0.717) is 30.0 Å². The maximum atomic E-state index is 13.2. The summed E-state index contributed by atoms with van der Waals surface area (Å²) in [7, 11) is 0. The van der Waals surface area contributed by atoms with Gasteiger partial charge in [-0.3, -0.25) is 24.6 Å². The lowest BCUT2D eigenvalue weighted by Gasteiger charge is -2.56. The van der Waals surface area contributed by atoms with Crippen molar-refractivity contribution in [2.45, 2.75) is 57.2 Å². The summed E-state index contributed by atoms with van der Waals surface area (Å²) >= 11 is 0. The van der Waals surface area contributed by atoms with Gasteiger partial charge in [0, 0.05) is 86.3 Å². The Bertz CT molecular complexity index is 1320. The normalized spacial score (nSPS) is 25.2. The minimum atomic E-state index is -0.566. The van der Waals surface area contributed by atoms with E-state index in [9.17, 15) is 14.4 Å². The average Bonchev–Trinajstić information content (AvgIpc) is 3.27. The number of amides is 3. The monoisotopic (exact) mass is 542 g/mol. The molecule has 9 heteroatoms. The molecule has 0 radical (unpaired) electrons. The first-order chi connectivity index (χ1) is 19.4. The standard InChI is InChI=1S/C31H38N6O3/c32-22-2-5-23(6-3-22)34-13-15-35(16-14-34)24-9-11-31(12-10-24)19-36(20-31)25-4-1-21-18-37(30(40)26(21)17-25)27-7-8-28(38)33-29(27)39/h1-6,17,24,27H,7-16,18-20,32H2,(H,33,38,39). The van der Waals surface area contributed by atoms with Gasteiger partial charge in [0.15, 0.2) is 0 Å². The smallest absolute Gasteiger partial charge is 0.255 e. The lowest BCUT2D eigenvalue weighted by atomic mass is 9.67. The molecule has 1 saturated carbocycles. The van der Waals surface area contributed by atoms with E-state index in [-0.39, 0.29) is 24.1 Å². The molecule has 4 heterocycles. The predicted octanol–water partition coefficient (Wildman–Crippen LogP) is 2.60. The first-order valence-electron chi connectivity index (χ1n) is 14.7. The van der Waals surface area contributed by atoms with Crippen LogP contribution < -0.4 is 20.9 Å². The zero-order chi connectivity index (χ0) is 27.4. The van der Waals surface area contributed by atoms with Crippen molar-refractivity contribution in [3.8, 4) is 0 Å². The Morgan fingerprint density at radius 1 is 0.825 bits per heavy atom. The van der Waals surface area contributed by atoms with E-state index in [2.05, 4.69) is 38.2 Å². The summed E-state index contributed by atoms with van der Waals surface area (Å²) in [5, 5.41) is 2.38. The number of hydrogen-bond acceptors (Lipinski definition) is 7. The molecule has 210 valence electrons. The third kappa shape index (κ3) is 4.50. The fourth-order valence-electron chi connectivity index (χ4n) is 7.61. The van der Waals surface area contributed by atoms with Gasteiger partial charge in [0.2, 0.25) is 11.8 Å². The van der Waals surface area contributed by atoms with Crippen molar-refractivity contribution in [3.05, 3.63) is 53.6 Å². The summed E-state index contributed by atoms with van der Waals surface area (Å²) in [6.07, 6.45) is 5.72. The van der Waals surface area contributed by atoms with Crippen molar-refractivity contribution in [2.24, 2.45) is 5.41 Å². The topological polar surface area (TPSA) is 102 Å². The van der Waals surface area contributed by atoms with E-state index < -0.39 is 6.04 Å². The second-order valence-corrected chi connectivity index (χ2v) is 12.4. The number of carbonyl (C=O) groups excluding carboxylic acids is 3. The summed E-state index contributed by atoms with van der Waals surface area (Å²) in [4.78, 5) is 46.3. The number of piperazine rings is 1. The number of nitrogens with zero attached hydrogens (tertiary/aromatic N) is 4. The molecule has 7 rings (SSSR count). The zero-order valence-corrected chi connectivity index (χ0v) is 23.0. The Morgan fingerprint density at radius 2 is 1.52 bits per heavy atom. The van der Waals surface area contributed by atoms with Gasteiger partial charge in [0.25, 0.3) is 5.91 Å². The highest BCUT2D eigenvalue weighted by atomic mass is 16.2. The Labute approximate surface area is 235 Å². The maximum absolute atomic E-state index is 13.2. The molecule has 5 aliphatic rings. The number of anilines is 3. The highest BCUT2D eigenvalue weighted by molar-refractivity contribution is 6.05. The molecular formula is C31H38N6O3. The van der Waals surface area contributed by atoms with Gasteiger partial charge in [0.05, 0.1) is 0 Å². The summed E-state index contributed by atoms with van der Waals surface area (Å²) in [6.45, 7) is 6.90. The van der Waals surface area contributed by atoms with Crippen molar-refractivity contribution < 1.29 is 14.4 Å². The van der Waals surface area contributed by atoms with Gasteiger partial charge in [-0.25, -0.2) is 0 Å². The number of fused-ring (bicyclic) bond motifs is 1. The second-order valence-electron chi connectivity index (χ2n) is 12.4. The number of imide groups is 1. The van der Waals surface area contributed by atoms with Crippen LogP contribution in [0.15, 0.2) is 42.5 Å². The number of benzene rings is 2. The molecule has 2 aromatic carbocycles. The highest BCUT2D eigenvalue weighted by Crippen LogP contribution is 2.47. The van der Waals surface area contributed by atoms with Crippen LogP contribution in [0.4, 0.5) is 17.1 Å². The van der Waals surface area contributed by atoms with Crippen LogP contribution in [0.1, 0.15) is 54.4 Å². The summed E-state index contributed by atoms with van der Waals surface area (Å²) in [5.41, 5.74) is 11.1. The van der Waals surface area contributed by atoms with E-state index >= 15 is 0 Å². The largest absolute Gasteiger partial charge is 0.399 e. The van der Waals surface area contributed by atoms with Crippen LogP contribution in [-0.4, -0.2) is 78.9 Å². The number of rotatable bonds is 4. The molecule has 3 N–H and O–H groups in total. The van der Waals surface area contributed by atoms with Crippen molar-refractivity contribution in [1.29, 1.82) is 0 Å². The average molecular weight is 543 g/mol. The number of nitrogen functional groups attached to an aromatic ring is 1. The van der Waals surface area contributed by atoms with Crippen LogP contribution in [0.3, 0.4) is 0 Å². The van der Waals surface area contributed by atoms with E-state index in [0.717, 1.165) is 56.2 Å². The van der Waals surface area contributed by atoms with Gasteiger partial charge in [-0.05, 0) is 74.1 Å². The first-order valence-corrected chi connectivity index (χ1v) is 14.7. The molecule has 1 unspecified atom stereocenters. The van der Waals surface area contributed by atoms with Gasteiger partial charge in [-0.15, -0.1) is 0 Å². The van der Waals surface area contributed by atoms with Crippen molar-refractivity contribution >= 4 is 34.8 Å². The molecule has 3 saturated heterocycles. The number of hydrogen-bond donors (Lipinski definition) is 2. The molecule has 40 heavy (non-hydrogen) atoms. The molecule has 0 bridgehead atoms. The van der Waals surface area contributed by atoms with Crippen LogP contribution in [0.2, 0.25) is 0 Å². The molecule has 3 amide bonds. The van der Waals surface area contributed by atoms with Crippen LogP contribution in [-0.2, 0) is 16.1 Å². The molecule has 1 aliphatic carbocycles. The number of carbonyl (C=O) groups is 3. The number of piperidine rings is 1. The van der Waals surface area contributed by atoms with Gasteiger partial charge in [-0.1, -0.05) is 6.07 Å². The van der Waals surface area contributed by atoms with E-state index in [4.69, 9.17) is 5.73 Å². The molecule has 4 fully saturated rings. The predicted molar refractivity (Wildman–Crippen MR) is 154 cm³/mol. The Kier molecular flexibility index (Phi) is 6.22. The van der Waals surface area contributed by atoms with Crippen LogP contribution in [0.5, 0.6) is 0 Å². The number of nitrogens with two attached hydrogens (primary N) is 1. The lowest BCUT2D eigenvalue weighted by molar-refractivity contribution is -0.136. The fraction of sp³-hybridized carbons (Fsp3) is 0.516. The lowest BCUT2D eigenvalue weighted by Crippen LogP contribution is -2.60. The summed E-state index contributed by atoms with van der Waals surface area (Å²) in [5.74, 6) is -0.717. The Balaban J connectivity index is 0.915. The highest BCUT2D eigenvalue weighted by Gasteiger charge is 2.47. The van der Waals surface area contributed by atoms with E-state index in [1.54, 1.807) is 4.90 Å². The molecular weight excluding hydrogens is 504 g/mol. The van der Waals surface area contributed by atoms with Gasteiger partial charge in [-0.2, -0.15) is 0 Å². The van der Waals surface area contributed by atoms with Crippen LogP contribution >= 0.6 is 0 Å². The zero-order valence-electron chi connectivity index (χ0n) is 23.0. The number of nitrogens with one attached hydrogen (secondary N) is 1. The van der Waals surface area contributed by atoms with E-state index in [1.165, 1.54) is 31.4 Å². The molecule has 0 aromatic heterocycles. The van der Waals surface area contributed by atoms with Crippen molar-refractivity contribution in [2.75, 3.05) is 54.8 Å². The molecule has 9 nitrogen and oxygen atoms in total. The minimum Gasteiger partial charge on any atom is -0.399 e. The molecule has 2 aromatic rings. The van der Waals surface area contributed by atoms with Gasteiger partial charge < -0.3 is 20.4 Å². The minimum absolute atomic E-state index is 0.0985. The Hall–Kier alpha value is -3.59. The maximum Gasteiger partial charge on any atom is 0.255 e. The van der Waals surface area contributed by atoms with Crippen molar-refractivity contribution in [3.63, 3.8) is 0 Å². The Morgan fingerprint density at radius 3 is 2.23 bits per heavy atom. The van der Waals surface area contributed by atoms with E-state index in [1.807, 2.05) is 24.3 Å². The molecule has 1 atom stereocenters. The van der Waals surface area contributed by atoms with Crippen molar-refractivity contribution in [1.82, 2.24) is 15.1 Å². The third-order valence-corrected chi connectivity index (χ3v) is 10.0. The second kappa shape index (κ2) is 9.80. The SMILES string of the molecule is Nc1ccc(N2CCN(C3CCC4(CC3)CN(c3ccc5c(c3)C(=O)N(C3CCC(=O)NC3=O)C5)C4)CC2)cc1. The summed E-state index contributed by atoms with van der Waals surface area (Å²) < 4.78 is 0. The fourth-order valence-corrected chi connectivity index (χ4v) is 7.61. The van der Waals surface area contributed by atoms with Gasteiger partial charge >= 0.3 is 0 Å². The van der Waals surface area contributed by atoms with Crippen LogP contribution in [0, 0.1) is 5.41 Å². The third-order valence-electron chi connectivity index (χ3n) is 10.0. The molecule has 4 aliphatic heterocycles. The quantitative estimate of drug-likeness (QED) is 0.452.